The van der Waals surface area contributed by atoms with E-state index in [1.165, 1.54) is 0 Å². The lowest BCUT2D eigenvalue weighted by Gasteiger charge is -2.39. The molecule has 4 atom stereocenters. The number of hydrogen-bond donors (Lipinski definition) is 2. The van der Waals surface area contributed by atoms with Crippen molar-refractivity contribution in [1.29, 1.82) is 0 Å². The highest BCUT2D eigenvalue weighted by Gasteiger charge is 2.63. The van der Waals surface area contributed by atoms with Gasteiger partial charge in [0.1, 0.15) is 18.2 Å². The first-order valence-corrected chi connectivity index (χ1v) is 9.58. The van der Waals surface area contributed by atoms with Gasteiger partial charge in [-0.25, -0.2) is 0 Å². The van der Waals surface area contributed by atoms with Gasteiger partial charge in [0.15, 0.2) is 0 Å². The smallest absolute Gasteiger partial charge is 0.247 e. The van der Waals surface area contributed by atoms with Gasteiger partial charge in [0, 0.05) is 5.69 Å². The maximum atomic E-state index is 13.3. The zero-order chi connectivity index (χ0) is 18.8. The van der Waals surface area contributed by atoms with E-state index in [1.807, 2.05) is 49.1 Å². The predicted octanol–water partition coefficient (Wildman–Crippen LogP) is 2.48. The Morgan fingerprint density at radius 2 is 1.70 bits per heavy atom. The van der Waals surface area contributed by atoms with Crippen molar-refractivity contribution in [3.8, 4) is 0 Å². The molecular weight excluding hydrogens is 338 g/mol. The van der Waals surface area contributed by atoms with Crippen LogP contribution in [0.3, 0.4) is 0 Å². The van der Waals surface area contributed by atoms with Gasteiger partial charge in [-0.3, -0.25) is 9.59 Å². The van der Waals surface area contributed by atoms with E-state index in [2.05, 4.69) is 34.9 Å². The van der Waals surface area contributed by atoms with Crippen LogP contribution in [0.15, 0.2) is 54.6 Å². The number of piperazine rings is 1. The Morgan fingerprint density at radius 3 is 2.44 bits per heavy atom. The topological polar surface area (TPSA) is 61.4 Å². The van der Waals surface area contributed by atoms with Crippen molar-refractivity contribution in [3.05, 3.63) is 65.7 Å². The van der Waals surface area contributed by atoms with Crippen molar-refractivity contribution >= 4 is 17.5 Å². The zero-order valence-corrected chi connectivity index (χ0v) is 15.5. The van der Waals surface area contributed by atoms with Gasteiger partial charge in [-0.1, -0.05) is 62.4 Å². The highest BCUT2D eigenvalue weighted by molar-refractivity contribution is 5.99. The Bertz CT molecular complexity index is 926. The number of fused-ring (bicyclic) bond motifs is 5. The summed E-state index contributed by atoms with van der Waals surface area (Å²) in [6, 6.07) is 17.6. The van der Waals surface area contributed by atoms with E-state index in [0.29, 0.717) is 6.42 Å². The number of carbonyl (C=O) groups is 2. The van der Waals surface area contributed by atoms with E-state index in [0.717, 1.165) is 16.8 Å². The first-order chi connectivity index (χ1) is 13.0. The molecule has 0 spiro atoms. The Labute approximate surface area is 158 Å². The summed E-state index contributed by atoms with van der Waals surface area (Å²) in [5.74, 6) is 0.0212. The Kier molecular flexibility index (Phi) is 3.39. The van der Waals surface area contributed by atoms with Crippen LogP contribution in [-0.4, -0.2) is 35.0 Å². The van der Waals surface area contributed by atoms with Gasteiger partial charge in [-0.2, -0.15) is 0 Å². The maximum Gasteiger partial charge on any atom is 0.247 e. The van der Waals surface area contributed by atoms with E-state index in [1.54, 1.807) is 0 Å². The molecule has 2 N–H and O–H groups in total. The SMILES string of the molecule is CC(C)[C@@H]1NC(=O)[C@H]2C[C@@]3(c4ccccc4)c4ccccc4N[C@H]3N2C1=O. The molecule has 0 aliphatic carbocycles. The summed E-state index contributed by atoms with van der Waals surface area (Å²) in [7, 11) is 0. The van der Waals surface area contributed by atoms with Crippen LogP contribution in [0.25, 0.3) is 0 Å². The molecule has 138 valence electrons. The molecule has 5 heteroatoms. The van der Waals surface area contributed by atoms with E-state index >= 15 is 0 Å². The number of rotatable bonds is 2. The predicted molar refractivity (Wildman–Crippen MR) is 103 cm³/mol. The summed E-state index contributed by atoms with van der Waals surface area (Å²) in [6.45, 7) is 3.95. The summed E-state index contributed by atoms with van der Waals surface area (Å²) >= 11 is 0. The van der Waals surface area contributed by atoms with Crippen molar-refractivity contribution < 1.29 is 9.59 Å². The quantitative estimate of drug-likeness (QED) is 0.864. The molecular formula is C22H23N3O2. The minimum Gasteiger partial charge on any atom is -0.364 e. The van der Waals surface area contributed by atoms with Crippen LogP contribution in [0.5, 0.6) is 0 Å². The molecule has 0 saturated carbocycles. The molecule has 2 aromatic carbocycles. The van der Waals surface area contributed by atoms with Crippen LogP contribution in [0.2, 0.25) is 0 Å². The average molecular weight is 361 g/mol. The van der Waals surface area contributed by atoms with Crippen molar-refractivity contribution in [2.24, 2.45) is 5.92 Å². The van der Waals surface area contributed by atoms with E-state index in [-0.39, 0.29) is 23.9 Å². The molecule has 3 heterocycles. The second kappa shape index (κ2) is 5.59. The monoisotopic (exact) mass is 361 g/mol. The van der Waals surface area contributed by atoms with Gasteiger partial charge in [0.05, 0.1) is 5.41 Å². The van der Waals surface area contributed by atoms with Crippen molar-refractivity contribution in [2.45, 2.75) is 43.9 Å². The summed E-state index contributed by atoms with van der Waals surface area (Å²) in [5, 5.41) is 6.53. The number of carbonyl (C=O) groups excluding carboxylic acids is 2. The van der Waals surface area contributed by atoms with Crippen LogP contribution in [0.1, 0.15) is 31.4 Å². The third kappa shape index (κ3) is 2.05. The summed E-state index contributed by atoms with van der Waals surface area (Å²) < 4.78 is 0. The number of nitrogens with one attached hydrogen (secondary N) is 2. The highest BCUT2D eigenvalue weighted by Crippen LogP contribution is 2.55. The molecule has 2 fully saturated rings. The van der Waals surface area contributed by atoms with Crippen LogP contribution in [-0.2, 0) is 15.0 Å². The molecule has 0 bridgehead atoms. The van der Waals surface area contributed by atoms with Crippen molar-refractivity contribution in [3.63, 3.8) is 0 Å². The van der Waals surface area contributed by atoms with Gasteiger partial charge in [-0.15, -0.1) is 0 Å². The summed E-state index contributed by atoms with van der Waals surface area (Å²) in [4.78, 5) is 28.1. The first-order valence-electron chi connectivity index (χ1n) is 9.58. The average Bonchev–Trinajstić information content (AvgIpc) is 3.18. The van der Waals surface area contributed by atoms with Crippen molar-refractivity contribution in [2.75, 3.05) is 5.32 Å². The molecule has 5 rings (SSSR count). The third-order valence-corrected chi connectivity index (χ3v) is 6.37. The Hall–Kier alpha value is -2.82. The Balaban J connectivity index is 1.70. The minimum absolute atomic E-state index is 0.0118. The number of hydrogen-bond acceptors (Lipinski definition) is 3. The van der Waals surface area contributed by atoms with Gasteiger partial charge in [-0.05, 0) is 29.5 Å². The molecule has 27 heavy (non-hydrogen) atoms. The fourth-order valence-corrected chi connectivity index (χ4v) is 5.12. The highest BCUT2D eigenvalue weighted by atomic mass is 16.2. The molecule has 0 aromatic heterocycles. The van der Waals surface area contributed by atoms with E-state index in [4.69, 9.17) is 0 Å². The maximum absolute atomic E-state index is 13.3. The zero-order valence-electron chi connectivity index (χ0n) is 15.5. The third-order valence-electron chi connectivity index (χ3n) is 6.37. The number of para-hydroxylation sites is 1. The summed E-state index contributed by atoms with van der Waals surface area (Å²) in [6.07, 6.45) is 0.343. The Morgan fingerprint density at radius 1 is 1.00 bits per heavy atom. The van der Waals surface area contributed by atoms with E-state index in [9.17, 15) is 9.59 Å². The lowest BCUT2D eigenvalue weighted by Crippen LogP contribution is -2.65. The molecule has 3 aliphatic heterocycles. The molecule has 0 radical (unpaired) electrons. The number of nitrogens with zero attached hydrogens (tertiary/aromatic N) is 1. The van der Waals surface area contributed by atoms with Crippen molar-refractivity contribution in [1.82, 2.24) is 10.2 Å². The molecule has 3 aliphatic rings. The lowest BCUT2D eigenvalue weighted by atomic mass is 9.72. The summed E-state index contributed by atoms with van der Waals surface area (Å²) in [5.41, 5.74) is 2.94. The van der Waals surface area contributed by atoms with Crippen LogP contribution in [0, 0.1) is 5.92 Å². The number of anilines is 1. The number of amides is 2. The number of benzene rings is 2. The van der Waals surface area contributed by atoms with Crippen LogP contribution < -0.4 is 10.6 Å². The molecule has 2 saturated heterocycles. The standard InChI is InChI=1S/C22H23N3O2/c1-13(2)18-20(27)25-17(19(26)24-18)12-22(14-8-4-3-5-9-14)15-10-6-7-11-16(15)23-21(22)25/h3-11,13,17-18,21,23H,12H2,1-2H3,(H,24,26)/t17-,18+,21+,22-/m1/s1. The second-order valence-electron chi connectivity index (χ2n) is 8.13. The fraction of sp³-hybridized carbons (Fsp3) is 0.364. The van der Waals surface area contributed by atoms with Crippen LogP contribution >= 0.6 is 0 Å². The van der Waals surface area contributed by atoms with Gasteiger partial charge < -0.3 is 15.5 Å². The van der Waals surface area contributed by atoms with E-state index < -0.39 is 17.5 Å². The minimum atomic E-state index is -0.467. The largest absolute Gasteiger partial charge is 0.364 e. The first kappa shape index (κ1) is 16.4. The molecule has 5 nitrogen and oxygen atoms in total. The van der Waals surface area contributed by atoms with Gasteiger partial charge in [0.2, 0.25) is 11.8 Å². The van der Waals surface area contributed by atoms with Crippen LogP contribution in [0.4, 0.5) is 5.69 Å². The van der Waals surface area contributed by atoms with Gasteiger partial charge >= 0.3 is 0 Å². The normalized spacial score (nSPS) is 31.2. The molecule has 2 amide bonds. The molecule has 0 unspecified atom stereocenters. The van der Waals surface area contributed by atoms with Gasteiger partial charge in [0.25, 0.3) is 0 Å². The molecule has 2 aromatic rings. The lowest BCUT2D eigenvalue weighted by molar-refractivity contribution is -0.149. The second-order valence-corrected chi connectivity index (χ2v) is 8.13. The fourth-order valence-electron chi connectivity index (χ4n) is 5.12.